The number of aromatic nitrogens is 2. The first-order valence-electron chi connectivity index (χ1n) is 10.4. The largest absolute Gasteiger partial charge is 0.350 e. The lowest BCUT2D eigenvalue weighted by molar-refractivity contribution is -0.122. The van der Waals surface area contributed by atoms with Crippen molar-refractivity contribution in [3.63, 3.8) is 0 Å². The van der Waals surface area contributed by atoms with Crippen LogP contribution in [0.4, 0.5) is 9.18 Å². The van der Waals surface area contributed by atoms with Gasteiger partial charge in [-0.15, -0.1) is 0 Å². The molecule has 0 saturated carbocycles. The third-order valence-corrected chi connectivity index (χ3v) is 6.41. The number of rotatable bonds is 6. The quantitative estimate of drug-likeness (QED) is 0.496. The van der Waals surface area contributed by atoms with E-state index in [-0.39, 0.29) is 24.8 Å². The van der Waals surface area contributed by atoms with Gasteiger partial charge in [0.05, 0.1) is 27.5 Å². The summed E-state index contributed by atoms with van der Waals surface area (Å²) in [5.41, 5.74) is 2.88. The molecule has 0 unspecified atom stereocenters. The second kappa shape index (κ2) is 9.82. The van der Waals surface area contributed by atoms with E-state index in [4.69, 9.17) is 11.6 Å². The fourth-order valence-electron chi connectivity index (χ4n) is 3.58. The highest BCUT2D eigenvalue weighted by Crippen LogP contribution is 2.32. The van der Waals surface area contributed by atoms with Crippen molar-refractivity contribution in [1.29, 1.82) is 0 Å². The minimum Gasteiger partial charge on any atom is -0.350 e. The van der Waals surface area contributed by atoms with Gasteiger partial charge in [0.15, 0.2) is 0 Å². The maximum Gasteiger partial charge on any atom is 0.293 e. The standard InChI is InChI=1S/C24H20ClFN4O3S/c1-14-21(15(2)30(28-14)19-9-7-18(26)8-10-19)22(31)27-11-12-29-23(32)20(34-24(29)33)13-16-3-5-17(25)6-4-16/h3-10,13H,11-12H2,1-2H3,(H,27,31)/b20-13-. The number of nitrogens with zero attached hydrogens (tertiary/aromatic N) is 3. The Morgan fingerprint density at radius 2 is 1.79 bits per heavy atom. The lowest BCUT2D eigenvalue weighted by Gasteiger charge is -2.13. The number of benzene rings is 2. The normalized spacial score (nSPS) is 14.8. The zero-order valence-corrected chi connectivity index (χ0v) is 19.9. The highest BCUT2D eigenvalue weighted by molar-refractivity contribution is 8.18. The summed E-state index contributed by atoms with van der Waals surface area (Å²) in [6, 6.07) is 12.7. The van der Waals surface area contributed by atoms with Crippen LogP contribution in [0.15, 0.2) is 53.4 Å². The number of amides is 3. The van der Waals surface area contributed by atoms with Gasteiger partial charge in [0.1, 0.15) is 5.82 Å². The van der Waals surface area contributed by atoms with Crippen molar-refractivity contribution in [1.82, 2.24) is 20.0 Å². The van der Waals surface area contributed by atoms with E-state index in [0.29, 0.717) is 32.6 Å². The average Bonchev–Trinajstić information content (AvgIpc) is 3.25. The number of hydrogen-bond donors (Lipinski definition) is 1. The van der Waals surface area contributed by atoms with Gasteiger partial charge < -0.3 is 5.32 Å². The number of nitrogens with one attached hydrogen (secondary N) is 1. The molecule has 10 heteroatoms. The smallest absolute Gasteiger partial charge is 0.293 e. The van der Waals surface area contributed by atoms with Crippen LogP contribution < -0.4 is 5.32 Å². The van der Waals surface area contributed by atoms with E-state index in [1.165, 1.54) is 12.1 Å². The van der Waals surface area contributed by atoms with Gasteiger partial charge in [0.2, 0.25) is 0 Å². The highest BCUT2D eigenvalue weighted by Gasteiger charge is 2.34. The van der Waals surface area contributed by atoms with E-state index in [1.807, 2.05) is 0 Å². The van der Waals surface area contributed by atoms with Crippen molar-refractivity contribution in [2.24, 2.45) is 0 Å². The molecule has 0 radical (unpaired) electrons. The molecule has 0 atom stereocenters. The third kappa shape index (κ3) is 4.90. The van der Waals surface area contributed by atoms with E-state index < -0.39 is 11.1 Å². The van der Waals surface area contributed by atoms with Gasteiger partial charge in [-0.25, -0.2) is 9.07 Å². The Kier molecular flexibility index (Phi) is 6.85. The molecule has 34 heavy (non-hydrogen) atoms. The monoisotopic (exact) mass is 498 g/mol. The summed E-state index contributed by atoms with van der Waals surface area (Å²) in [7, 11) is 0. The zero-order chi connectivity index (χ0) is 24.4. The number of carbonyl (C=O) groups excluding carboxylic acids is 3. The SMILES string of the molecule is Cc1nn(-c2ccc(F)cc2)c(C)c1C(=O)NCCN1C(=O)S/C(=C\c2ccc(Cl)cc2)C1=O. The Labute approximate surface area is 204 Å². The molecule has 2 aromatic carbocycles. The summed E-state index contributed by atoms with van der Waals surface area (Å²) in [4.78, 5) is 39.2. The summed E-state index contributed by atoms with van der Waals surface area (Å²) in [6.07, 6.45) is 1.64. The fourth-order valence-corrected chi connectivity index (χ4v) is 4.57. The second-order valence-corrected chi connectivity index (χ2v) is 9.00. The summed E-state index contributed by atoms with van der Waals surface area (Å²) >= 11 is 6.74. The van der Waals surface area contributed by atoms with Gasteiger partial charge >= 0.3 is 0 Å². The van der Waals surface area contributed by atoms with Crippen LogP contribution in [0.5, 0.6) is 0 Å². The lowest BCUT2D eigenvalue weighted by atomic mass is 10.2. The summed E-state index contributed by atoms with van der Waals surface area (Å²) in [6.45, 7) is 3.58. The number of imide groups is 1. The average molecular weight is 499 g/mol. The first kappa shape index (κ1) is 23.7. The number of thioether (sulfide) groups is 1. The van der Waals surface area contributed by atoms with E-state index in [9.17, 15) is 18.8 Å². The van der Waals surface area contributed by atoms with Gasteiger partial charge in [-0.3, -0.25) is 19.3 Å². The first-order chi connectivity index (χ1) is 16.2. The van der Waals surface area contributed by atoms with Crippen molar-refractivity contribution in [3.8, 4) is 5.69 Å². The Hall–Kier alpha value is -3.43. The predicted molar refractivity (Wildman–Crippen MR) is 129 cm³/mol. The molecule has 4 rings (SSSR count). The van der Waals surface area contributed by atoms with E-state index >= 15 is 0 Å². The van der Waals surface area contributed by atoms with Gasteiger partial charge in [-0.2, -0.15) is 5.10 Å². The van der Waals surface area contributed by atoms with Crippen LogP contribution in [-0.4, -0.2) is 44.8 Å². The summed E-state index contributed by atoms with van der Waals surface area (Å²) in [5, 5.41) is 7.33. The molecule has 1 saturated heterocycles. The number of aryl methyl sites for hydroxylation is 1. The highest BCUT2D eigenvalue weighted by atomic mass is 35.5. The molecule has 1 N–H and O–H groups in total. The minimum atomic E-state index is -0.407. The number of carbonyl (C=O) groups is 3. The van der Waals surface area contributed by atoms with Crippen LogP contribution in [0.1, 0.15) is 27.3 Å². The van der Waals surface area contributed by atoms with Gasteiger partial charge in [-0.05, 0) is 73.6 Å². The molecular formula is C24H20ClFN4O3S. The van der Waals surface area contributed by atoms with E-state index in [2.05, 4.69) is 10.4 Å². The summed E-state index contributed by atoms with van der Waals surface area (Å²) in [5.74, 6) is -1.14. The van der Waals surface area contributed by atoms with Crippen LogP contribution in [-0.2, 0) is 4.79 Å². The fraction of sp³-hybridized carbons (Fsp3) is 0.167. The van der Waals surface area contributed by atoms with Crippen molar-refractivity contribution >= 4 is 46.5 Å². The Bertz CT molecular complexity index is 1300. The molecule has 3 aromatic rings. The van der Waals surface area contributed by atoms with Crippen LogP contribution in [0.25, 0.3) is 11.8 Å². The molecule has 1 aliphatic heterocycles. The molecule has 3 amide bonds. The van der Waals surface area contributed by atoms with Crippen LogP contribution in [0, 0.1) is 19.7 Å². The van der Waals surface area contributed by atoms with E-state index in [1.54, 1.807) is 61.0 Å². The molecule has 0 bridgehead atoms. The third-order valence-electron chi connectivity index (χ3n) is 5.25. The van der Waals surface area contributed by atoms with Crippen molar-refractivity contribution in [2.45, 2.75) is 13.8 Å². The maximum atomic E-state index is 13.2. The molecule has 2 heterocycles. The van der Waals surface area contributed by atoms with Crippen LogP contribution in [0.3, 0.4) is 0 Å². The topological polar surface area (TPSA) is 84.3 Å². The van der Waals surface area contributed by atoms with Crippen LogP contribution in [0.2, 0.25) is 5.02 Å². The second-order valence-electron chi connectivity index (χ2n) is 7.57. The maximum absolute atomic E-state index is 13.2. The van der Waals surface area contributed by atoms with E-state index in [0.717, 1.165) is 22.2 Å². The Balaban J connectivity index is 1.40. The van der Waals surface area contributed by atoms with Crippen molar-refractivity contribution in [3.05, 3.63) is 86.8 Å². The Morgan fingerprint density at radius 1 is 1.12 bits per heavy atom. The number of hydrogen-bond acceptors (Lipinski definition) is 5. The Morgan fingerprint density at radius 3 is 2.47 bits per heavy atom. The van der Waals surface area contributed by atoms with Crippen molar-refractivity contribution in [2.75, 3.05) is 13.1 Å². The first-order valence-corrected chi connectivity index (χ1v) is 11.6. The predicted octanol–water partition coefficient (Wildman–Crippen LogP) is 4.75. The molecule has 174 valence electrons. The zero-order valence-electron chi connectivity index (χ0n) is 18.3. The molecule has 1 aromatic heterocycles. The lowest BCUT2D eigenvalue weighted by Crippen LogP contribution is -2.37. The van der Waals surface area contributed by atoms with Crippen LogP contribution >= 0.6 is 23.4 Å². The number of halogens is 2. The minimum absolute atomic E-state index is 0.0402. The molecule has 7 nitrogen and oxygen atoms in total. The molecule has 0 spiro atoms. The summed E-state index contributed by atoms with van der Waals surface area (Å²) < 4.78 is 14.8. The van der Waals surface area contributed by atoms with Gasteiger partial charge in [0.25, 0.3) is 17.1 Å². The molecule has 1 fully saturated rings. The molecule has 0 aliphatic carbocycles. The van der Waals surface area contributed by atoms with Crippen molar-refractivity contribution < 1.29 is 18.8 Å². The molecular weight excluding hydrogens is 479 g/mol. The molecule has 1 aliphatic rings. The van der Waals surface area contributed by atoms with Gasteiger partial charge in [-0.1, -0.05) is 23.7 Å². The van der Waals surface area contributed by atoms with Gasteiger partial charge in [0, 0.05) is 18.1 Å².